The summed E-state index contributed by atoms with van der Waals surface area (Å²) in [6, 6.07) is 20.0. The Balaban J connectivity index is -0.000000254. The molecule has 0 amide bonds. The van der Waals surface area contributed by atoms with E-state index >= 15 is 0 Å². The molecule has 0 aromatic heterocycles. The van der Waals surface area contributed by atoms with Gasteiger partial charge in [-0.3, -0.25) is 0 Å². The maximum Gasteiger partial charge on any atom is -0.172 e. The van der Waals surface area contributed by atoms with Gasteiger partial charge in [-0.15, -0.1) is 0 Å². The van der Waals surface area contributed by atoms with Gasteiger partial charge >= 0.3 is 66.1 Å². The van der Waals surface area contributed by atoms with Crippen molar-refractivity contribution in [2.45, 2.75) is 12.4 Å². The third-order valence-corrected chi connectivity index (χ3v) is 3.07. The van der Waals surface area contributed by atoms with Crippen molar-refractivity contribution < 1.29 is 75.4 Å². The van der Waals surface area contributed by atoms with Crippen molar-refractivity contribution in [1.29, 1.82) is 0 Å². The molecule has 0 heterocycles. The number of hydrogen-bond acceptors (Lipinski definition) is 0. The fourth-order valence-corrected chi connectivity index (χ4v) is 0.802. The molecule has 0 nitrogen and oxygen atoms in total. The number of rotatable bonds is 0. The molecule has 0 bridgehead atoms. The van der Waals surface area contributed by atoms with Gasteiger partial charge < -0.3 is 24.8 Å². The van der Waals surface area contributed by atoms with Crippen LogP contribution in [0.4, 0.5) is 26.3 Å². The van der Waals surface area contributed by atoms with Crippen LogP contribution in [0.3, 0.4) is 0 Å². The first kappa shape index (κ1) is 26.5. The summed E-state index contributed by atoms with van der Waals surface area (Å²) in [7, 11) is 0. The van der Waals surface area contributed by atoms with Crippen molar-refractivity contribution >= 4 is 3.21 Å². The average molecular weight is 442 g/mol. The minimum Gasteiger partial charge on any atom is -1.00 e. The van der Waals surface area contributed by atoms with Gasteiger partial charge in [0.15, 0.2) is 0 Å². The Bertz CT molecular complexity index is 369. The van der Waals surface area contributed by atoms with Crippen molar-refractivity contribution in [2.75, 3.05) is 0 Å². The second kappa shape index (κ2) is 13.1. The normalized spacial score (nSPS) is 9.82. The summed E-state index contributed by atoms with van der Waals surface area (Å²) in [5.74, 6) is 0. The third kappa shape index (κ3) is 14.5. The fraction of sp³-hybridized carbons (Fsp3) is 0.154. The summed E-state index contributed by atoms with van der Waals surface area (Å²) >= 11 is -0.665. The zero-order valence-corrected chi connectivity index (χ0v) is 14.8. The largest absolute Gasteiger partial charge is 1.00 e. The molecule has 0 fully saturated rings. The zero-order chi connectivity index (χ0) is 15.6. The molecule has 0 aliphatic rings. The molecule has 124 valence electrons. The predicted molar refractivity (Wildman–Crippen MR) is 61.2 cm³/mol. The van der Waals surface area contributed by atoms with Gasteiger partial charge in [0.05, 0.1) is 0 Å². The topological polar surface area (TPSA) is 0 Å². The Morgan fingerprint density at radius 2 is 0.864 bits per heavy atom. The zero-order valence-electron chi connectivity index (χ0n) is 10.8. The molecule has 22 heavy (non-hydrogen) atoms. The molecule has 0 unspecified atom stereocenters. The van der Waals surface area contributed by atoms with Crippen LogP contribution in [0.2, 0.25) is 0 Å². The molecular weight excluding hydrogens is 432 g/mol. The van der Waals surface area contributed by atoms with Crippen LogP contribution in [0.25, 0.3) is 0 Å². The van der Waals surface area contributed by atoms with Gasteiger partial charge in [0, 0.05) is 0 Å². The number of alkyl halides is 6. The van der Waals surface area contributed by atoms with Crippen molar-refractivity contribution in [1.82, 2.24) is 0 Å². The summed E-state index contributed by atoms with van der Waals surface area (Å²) in [5.41, 5.74) is 0. The van der Waals surface area contributed by atoms with Crippen molar-refractivity contribution in [3.8, 4) is 0 Å². The molecule has 0 aliphatic carbocycles. The van der Waals surface area contributed by atoms with Crippen LogP contribution in [0.5, 0.6) is 0 Å². The summed E-state index contributed by atoms with van der Waals surface area (Å²) in [5, 5.41) is 0. The third-order valence-electron chi connectivity index (χ3n) is 1.68. The van der Waals surface area contributed by atoms with Gasteiger partial charge in [-0.25, -0.2) is 24.3 Å². The smallest absolute Gasteiger partial charge is 0.172 e. The first-order valence-corrected chi connectivity index (χ1v) is 6.45. The Labute approximate surface area is 151 Å². The Kier molecular flexibility index (Phi) is 15.8. The van der Waals surface area contributed by atoms with Gasteiger partial charge in [-0.2, -0.15) is 36.4 Å². The summed E-state index contributed by atoms with van der Waals surface area (Å²) in [4.78, 5) is 0. The summed E-state index contributed by atoms with van der Waals surface area (Å²) in [6.07, 6.45) is -10.5. The van der Waals surface area contributed by atoms with E-state index in [1.54, 1.807) is 0 Å². The average Bonchev–Trinajstić information content (AvgIpc) is 3.04. The minimum absolute atomic E-state index is 0. The van der Waals surface area contributed by atoms with Gasteiger partial charge in [-0.1, -0.05) is 0 Å². The molecule has 0 saturated heterocycles. The van der Waals surface area contributed by atoms with Crippen molar-refractivity contribution in [2.24, 2.45) is 0 Å². The maximum atomic E-state index is 11.2. The van der Waals surface area contributed by atoms with Gasteiger partial charge in [-0.05, 0) is 0 Å². The quantitative estimate of drug-likeness (QED) is 0.350. The van der Waals surface area contributed by atoms with Crippen LogP contribution in [0, 0.1) is 0 Å². The molecule has 0 saturated carbocycles. The molecular formula is C13H10Cl2F6Zr-2. The monoisotopic (exact) mass is 440 g/mol. The van der Waals surface area contributed by atoms with E-state index in [0.717, 1.165) is 0 Å². The standard InChI is InChI=1S/2C5H5.C3F6.2ClH.Zr/c2*1-2-4-5-3-1;4-2(5,6)1-3(7,8)9;;;/h2*1-5H;;2*1H;/q2*-1;;;;+2/p-2. The number of hydrogen-bond donors (Lipinski definition) is 0. The molecule has 0 radical (unpaired) electrons. The second-order valence-electron chi connectivity index (χ2n) is 3.30. The van der Waals surface area contributed by atoms with Crippen molar-refractivity contribution in [3.63, 3.8) is 0 Å². The summed E-state index contributed by atoms with van der Waals surface area (Å²) < 4.78 is 64.9. The van der Waals surface area contributed by atoms with E-state index in [1.165, 1.54) is 0 Å². The Morgan fingerprint density at radius 1 is 0.636 bits per heavy atom. The predicted octanol–water partition coefficient (Wildman–Crippen LogP) is -1.35. The fourth-order valence-electron chi connectivity index (χ4n) is 0.802. The van der Waals surface area contributed by atoms with E-state index in [2.05, 4.69) is 0 Å². The van der Waals surface area contributed by atoms with E-state index < -0.39 is 39.8 Å². The van der Waals surface area contributed by atoms with E-state index in [9.17, 15) is 26.3 Å². The first-order valence-electron chi connectivity index (χ1n) is 5.22. The Hall–Kier alpha value is -0.387. The summed E-state index contributed by atoms with van der Waals surface area (Å²) in [6.45, 7) is 0. The molecule has 0 spiro atoms. The van der Waals surface area contributed by atoms with Gasteiger partial charge in [0.1, 0.15) is 0 Å². The molecule has 0 N–H and O–H groups in total. The first-order chi connectivity index (χ1) is 9.15. The Morgan fingerprint density at radius 3 is 0.909 bits per heavy atom. The minimum atomic E-state index is -5.23. The molecule has 2 rings (SSSR count). The van der Waals surface area contributed by atoms with E-state index in [4.69, 9.17) is 0 Å². The second-order valence-corrected chi connectivity index (χ2v) is 4.52. The van der Waals surface area contributed by atoms with Gasteiger partial charge in [0.2, 0.25) is 0 Å². The molecule has 2 aromatic carbocycles. The maximum absolute atomic E-state index is 11.2. The molecule has 0 aliphatic heterocycles. The number of halogens is 8. The van der Waals surface area contributed by atoms with Gasteiger partial charge in [0.25, 0.3) is 0 Å². The van der Waals surface area contributed by atoms with E-state index in [0.29, 0.717) is 0 Å². The van der Waals surface area contributed by atoms with Crippen LogP contribution in [0.15, 0.2) is 60.7 Å². The molecule has 2 aromatic rings. The molecule has 0 atom stereocenters. The van der Waals surface area contributed by atoms with Crippen LogP contribution in [0.1, 0.15) is 0 Å². The van der Waals surface area contributed by atoms with E-state index in [1.807, 2.05) is 60.7 Å². The van der Waals surface area contributed by atoms with Crippen LogP contribution in [-0.4, -0.2) is 15.6 Å². The van der Waals surface area contributed by atoms with Crippen LogP contribution in [-0.2, 0) is 24.2 Å². The van der Waals surface area contributed by atoms with Crippen LogP contribution >= 0.6 is 0 Å². The van der Waals surface area contributed by atoms with Crippen molar-refractivity contribution in [3.05, 3.63) is 60.7 Å². The molecule has 9 heteroatoms. The van der Waals surface area contributed by atoms with Crippen LogP contribution < -0.4 is 24.8 Å². The SMILES string of the molecule is FC(F)(F)[C](=[Zr+2])C(F)(F)F.[Cl-].[Cl-].c1cc[cH-]c1.c1cc[cH-]c1. The van der Waals surface area contributed by atoms with E-state index in [-0.39, 0.29) is 24.8 Å².